The van der Waals surface area contributed by atoms with Crippen LogP contribution in [0.15, 0.2) is 46.1 Å². The van der Waals surface area contributed by atoms with Gasteiger partial charge in [0, 0.05) is 93.6 Å². The fourth-order valence-corrected chi connectivity index (χ4v) is 9.24. The van der Waals surface area contributed by atoms with Crippen molar-refractivity contribution < 1.29 is 58.9 Å². The maximum Gasteiger partial charge on any atom is 0.312 e. The number of anilines is 1. The molecule has 62 heavy (non-hydrogen) atoms. The summed E-state index contributed by atoms with van der Waals surface area (Å²) < 4.78 is 23.9. The van der Waals surface area contributed by atoms with Gasteiger partial charge in [-0.15, -0.1) is 0 Å². The number of fused-ring (bicyclic) bond motifs is 1. The zero-order chi connectivity index (χ0) is 45.6. The van der Waals surface area contributed by atoms with Gasteiger partial charge in [-0.25, -0.2) is 0 Å². The van der Waals surface area contributed by atoms with E-state index in [-0.39, 0.29) is 55.4 Å². The van der Waals surface area contributed by atoms with Gasteiger partial charge in [-0.1, -0.05) is 52.8 Å². The monoisotopic (exact) mass is 862 g/mol. The number of nitrogens with one attached hydrogen (secondary N) is 1. The standard InChI is InChI=1S/C46H62N4O12/c1-22(2)20-50-17-15-46(16-18-50)48-34-31-32-39(55)27(7)42-33(31)43(57)45(9,62-42)60-19-14-30(59-10)25(5)41(61-28(8)52)26(6)38(54)29(21-51)37(53)23(3)12-11-13-24(4)44(58)47-36(40(32)56)35(34)49-46/h11-14,19,22-23,25-26,29-30,37-38,41,51,53-56H,15-18,20-21H2,1-10H3,(H,47,58)/b12-11+,19-14+,24-13-/t23-,25+,26+,29+,30-,37-,38-,41+,45-/m0/s1. The number of amides is 1. The van der Waals surface area contributed by atoms with Gasteiger partial charge >= 0.3 is 11.8 Å². The molecule has 1 spiro atoms. The number of rotatable bonds is 5. The number of phenols is 2. The Morgan fingerprint density at radius 2 is 1.66 bits per heavy atom. The Labute approximate surface area is 361 Å². The predicted molar refractivity (Wildman–Crippen MR) is 229 cm³/mol. The Bertz CT molecular complexity index is 2320. The number of benzene rings is 2. The number of allylic oxidation sites excluding steroid dienone is 2. The molecule has 6 rings (SSSR count). The first-order chi connectivity index (χ1) is 29.2. The van der Waals surface area contributed by atoms with Crippen LogP contribution in [0.4, 0.5) is 5.69 Å². The topological polar surface area (TPSA) is 229 Å². The quantitative estimate of drug-likeness (QED) is 0.186. The molecule has 4 aliphatic heterocycles. The van der Waals surface area contributed by atoms with Gasteiger partial charge in [0.25, 0.3) is 11.7 Å². The molecule has 338 valence electrons. The molecule has 4 aliphatic rings. The Morgan fingerprint density at radius 1 is 1.00 bits per heavy atom. The molecule has 16 heteroatoms. The molecule has 4 bridgehead atoms. The van der Waals surface area contributed by atoms with Crippen LogP contribution in [0.5, 0.6) is 17.2 Å². The van der Waals surface area contributed by atoms with Crippen molar-refractivity contribution in [2.24, 2.45) is 39.6 Å². The number of phenolic OH excluding ortho intramolecular Hbond substituents is 2. The van der Waals surface area contributed by atoms with Crippen molar-refractivity contribution in [3.05, 3.63) is 58.0 Å². The Kier molecular flexibility index (Phi) is 13.6. The number of esters is 1. The van der Waals surface area contributed by atoms with Crippen molar-refractivity contribution in [2.45, 2.75) is 111 Å². The van der Waals surface area contributed by atoms with E-state index < -0.39 is 89.6 Å². The summed E-state index contributed by atoms with van der Waals surface area (Å²) in [5, 5.41) is 60.6. The minimum atomic E-state index is -1.99. The van der Waals surface area contributed by atoms with Crippen LogP contribution in [-0.4, -0.2) is 117 Å². The summed E-state index contributed by atoms with van der Waals surface area (Å²) in [7, 11) is 1.43. The molecule has 0 aliphatic carbocycles. The highest BCUT2D eigenvalue weighted by atomic mass is 16.7. The normalized spacial score (nSPS) is 32.3. The van der Waals surface area contributed by atoms with Crippen LogP contribution in [0, 0.1) is 36.5 Å². The average molecular weight is 863 g/mol. The predicted octanol–water partition coefficient (Wildman–Crippen LogP) is 3.72. The Balaban J connectivity index is 1.54. The number of carbonyl (C=O) groups is 3. The minimum absolute atomic E-state index is 0.0173. The highest BCUT2D eigenvalue weighted by Crippen LogP contribution is 2.50. The number of aromatic hydroxyl groups is 2. The summed E-state index contributed by atoms with van der Waals surface area (Å²) in [5.74, 6) is -7.44. The average Bonchev–Trinajstić information content (AvgIpc) is 3.72. The zero-order valence-corrected chi connectivity index (χ0v) is 37.3. The van der Waals surface area contributed by atoms with Crippen molar-refractivity contribution in [2.75, 3.05) is 38.7 Å². The highest BCUT2D eigenvalue weighted by Gasteiger charge is 2.50. The molecule has 16 nitrogen and oxygen atoms in total. The second kappa shape index (κ2) is 18.1. The van der Waals surface area contributed by atoms with Crippen molar-refractivity contribution in [1.82, 2.24) is 4.90 Å². The van der Waals surface area contributed by atoms with Crippen LogP contribution >= 0.6 is 0 Å². The van der Waals surface area contributed by atoms with Crippen LogP contribution in [0.2, 0.25) is 0 Å². The van der Waals surface area contributed by atoms with Crippen molar-refractivity contribution in [1.29, 1.82) is 0 Å². The van der Waals surface area contributed by atoms with E-state index in [1.54, 1.807) is 46.8 Å². The van der Waals surface area contributed by atoms with Crippen LogP contribution in [0.25, 0.3) is 10.8 Å². The number of piperidine rings is 1. The van der Waals surface area contributed by atoms with Gasteiger partial charge in [-0.2, -0.15) is 0 Å². The van der Waals surface area contributed by atoms with E-state index in [0.29, 0.717) is 31.8 Å². The van der Waals surface area contributed by atoms with Gasteiger partial charge in [-0.3, -0.25) is 24.4 Å². The fourth-order valence-electron chi connectivity index (χ4n) is 9.24. The van der Waals surface area contributed by atoms with Gasteiger partial charge < -0.3 is 54.7 Å². The molecule has 1 amide bonds. The lowest BCUT2D eigenvalue weighted by atomic mass is 9.78. The molecule has 9 atom stereocenters. The maximum atomic E-state index is 14.7. The Morgan fingerprint density at radius 3 is 2.27 bits per heavy atom. The van der Waals surface area contributed by atoms with Gasteiger partial charge in [0.1, 0.15) is 28.6 Å². The molecule has 2 aromatic rings. The zero-order valence-electron chi connectivity index (χ0n) is 37.3. The summed E-state index contributed by atoms with van der Waals surface area (Å²) in [5.41, 5.74) is -0.698. The SMILES string of the molecule is CO[C@H]1/C=C/O[C@@]2(C)Oc3c(C)c(O)c4c(O)c(c5c(c4c3C2=O)=NC2(CCN(CC(C)C)CC2)N=5)NC(=O)/C(C)=C\C=C\[C@H](C)[C@H](O)[C@@H](CO)[C@@H](O)[C@@H](C)[C@H](OC(C)=O)[C@@H]1C. The lowest BCUT2D eigenvalue weighted by Crippen LogP contribution is -2.48. The molecule has 6 N–H and O–H groups in total. The number of nitrogens with zero attached hydrogens (tertiary/aromatic N) is 3. The number of aliphatic hydroxyl groups excluding tert-OH is 3. The molecule has 1 saturated heterocycles. The number of ether oxygens (including phenoxy) is 4. The summed E-state index contributed by atoms with van der Waals surface area (Å²) in [6, 6.07) is 0. The maximum absolute atomic E-state index is 14.7. The van der Waals surface area contributed by atoms with Crippen LogP contribution in [-0.2, 0) is 23.8 Å². The third kappa shape index (κ3) is 8.59. The number of hydrogen-bond donors (Lipinski definition) is 6. The smallest absolute Gasteiger partial charge is 0.312 e. The number of likely N-dealkylation sites (tertiary alicyclic amines) is 1. The van der Waals surface area contributed by atoms with E-state index in [9.17, 15) is 39.9 Å². The van der Waals surface area contributed by atoms with Gasteiger partial charge in [0.05, 0.1) is 47.5 Å². The molecule has 0 radical (unpaired) electrons. The van der Waals surface area contributed by atoms with E-state index in [1.807, 2.05) is 0 Å². The summed E-state index contributed by atoms with van der Waals surface area (Å²) in [4.78, 5) is 53.7. The minimum Gasteiger partial charge on any atom is -0.507 e. The highest BCUT2D eigenvalue weighted by molar-refractivity contribution is 6.19. The van der Waals surface area contributed by atoms with E-state index in [2.05, 4.69) is 24.1 Å². The van der Waals surface area contributed by atoms with Crippen LogP contribution in [0.1, 0.15) is 84.2 Å². The number of Topliss-reactive ketones (excluding diaryl/α,β-unsaturated/α-hetero) is 1. The number of ketones is 1. The van der Waals surface area contributed by atoms with Crippen LogP contribution in [0.3, 0.4) is 0 Å². The summed E-state index contributed by atoms with van der Waals surface area (Å²) in [6.45, 7) is 16.8. The lowest BCUT2D eigenvalue weighted by molar-refractivity contribution is -0.161. The molecule has 0 unspecified atom stereocenters. The third-order valence-electron chi connectivity index (χ3n) is 12.9. The molecular formula is C46H62N4O12. The largest absolute Gasteiger partial charge is 0.507 e. The molecule has 0 saturated carbocycles. The van der Waals surface area contributed by atoms with Gasteiger partial charge in [0.2, 0.25) is 0 Å². The van der Waals surface area contributed by atoms with Crippen LogP contribution < -0.4 is 20.8 Å². The van der Waals surface area contributed by atoms with Gasteiger partial charge in [-0.05, 0) is 25.8 Å². The number of methoxy groups -OCH3 is 1. The molecule has 2 aromatic carbocycles. The van der Waals surface area contributed by atoms with Crippen molar-refractivity contribution >= 4 is 34.1 Å². The first-order valence-electron chi connectivity index (χ1n) is 21.4. The first kappa shape index (κ1) is 46.6. The number of aliphatic hydroxyl groups is 3. The van der Waals surface area contributed by atoms with Gasteiger partial charge in [0.15, 0.2) is 11.4 Å². The number of hydrogen-bond acceptors (Lipinski definition) is 15. The van der Waals surface area contributed by atoms with Crippen molar-refractivity contribution in [3.8, 4) is 17.2 Å². The molecule has 1 fully saturated rings. The summed E-state index contributed by atoms with van der Waals surface area (Å²) >= 11 is 0. The third-order valence-corrected chi connectivity index (χ3v) is 12.9. The van der Waals surface area contributed by atoms with Crippen molar-refractivity contribution in [3.63, 3.8) is 0 Å². The second-order valence-electron chi connectivity index (χ2n) is 17.9. The molecular weight excluding hydrogens is 801 g/mol. The first-order valence-corrected chi connectivity index (χ1v) is 21.4. The second-order valence-corrected chi connectivity index (χ2v) is 17.9. The lowest BCUT2D eigenvalue weighted by Gasteiger charge is -2.38. The van der Waals surface area contributed by atoms with E-state index in [1.165, 1.54) is 39.4 Å². The summed E-state index contributed by atoms with van der Waals surface area (Å²) in [6.07, 6.45) is 4.07. The van der Waals surface area contributed by atoms with E-state index in [0.717, 1.165) is 6.54 Å². The fraction of sp³-hybridized carbons (Fsp3) is 0.587. The van der Waals surface area contributed by atoms with E-state index >= 15 is 0 Å². The molecule has 0 aromatic heterocycles. The Hall–Kier alpha value is -4.87. The molecule has 4 heterocycles. The number of carbonyl (C=O) groups excluding carboxylic acids is 3. The van der Waals surface area contributed by atoms with E-state index in [4.69, 9.17) is 28.9 Å².